The molecule has 0 bridgehead atoms. The highest BCUT2D eigenvalue weighted by Crippen LogP contribution is 2.19. The summed E-state index contributed by atoms with van der Waals surface area (Å²) in [7, 11) is 0. The van der Waals surface area contributed by atoms with Crippen molar-refractivity contribution in [1.29, 1.82) is 0 Å². The lowest BCUT2D eigenvalue weighted by Crippen LogP contribution is -2.43. The Bertz CT molecular complexity index is 297. The van der Waals surface area contributed by atoms with E-state index in [9.17, 15) is 22.8 Å². The first-order chi connectivity index (χ1) is 7.80. The highest BCUT2D eigenvalue weighted by molar-refractivity contribution is 5.81. The molecule has 0 radical (unpaired) electrons. The number of carbonyl (C=O) groups is 2. The number of nitrogens with one attached hydrogen (secondary N) is 1. The molecule has 0 aromatic heterocycles. The summed E-state index contributed by atoms with van der Waals surface area (Å²) >= 11 is 0. The molecule has 1 aliphatic rings. The van der Waals surface area contributed by atoms with Gasteiger partial charge in [0.1, 0.15) is 0 Å². The molecule has 2 unspecified atom stereocenters. The Morgan fingerprint density at radius 1 is 1.35 bits per heavy atom. The zero-order chi connectivity index (χ0) is 13.1. The number of hydrogen-bond acceptors (Lipinski definition) is 3. The van der Waals surface area contributed by atoms with E-state index < -0.39 is 30.1 Å². The summed E-state index contributed by atoms with van der Waals surface area (Å²) in [6.45, 7) is -0.299. The molecule has 17 heavy (non-hydrogen) atoms. The Hall–Kier alpha value is -1.31. The van der Waals surface area contributed by atoms with Gasteiger partial charge in [-0.3, -0.25) is 9.59 Å². The van der Waals surface area contributed by atoms with E-state index in [1.807, 2.05) is 0 Å². The molecule has 1 fully saturated rings. The van der Waals surface area contributed by atoms with Crippen molar-refractivity contribution in [3.63, 3.8) is 0 Å². The maximum absolute atomic E-state index is 11.8. The van der Waals surface area contributed by atoms with Crippen LogP contribution in [-0.2, 0) is 14.3 Å². The van der Waals surface area contributed by atoms with Crippen LogP contribution in [0, 0.1) is 5.92 Å². The van der Waals surface area contributed by atoms with Crippen LogP contribution in [0.25, 0.3) is 0 Å². The lowest BCUT2D eigenvalue weighted by molar-refractivity contribution is -0.174. The minimum Gasteiger partial charge on any atom is -0.481 e. The Labute approximate surface area is 94.9 Å². The summed E-state index contributed by atoms with van der Waals surface area (Å²) in [5, 5.41) is 10.4. The molecular formula is C9H12F3NO4. The van der Waals surface area contributed by atoms with Gasteiger partial charge < -0.3 is 15.2 Å². The van der Waals surface area contributed by atoms with Crippen molar-refractivity contribution < 1.29 is 32.6 Å². The highest BCUT2D eigenvalue weighted by atomic mass is 19.4. The van der Waals surface area contributed by atoms with Gasteiger partial charge in [0.05, 0.1) is 18.6 Å². The Balaban J connectivity index is 2.28. The van der Waals surface area contributed by atoms with Crippen molar-refractivity contribution in [3.05, 3.63) is 0 Å². The van der Waals surface area contributed by atoms with Crippen LogP contribution in [0.15, 0.2) is 0 Å². The molecule has 0 aliphatic carbocycles. The number of carbonyl (C=O) groups excluding carboxylic acids is 1. The monoisotopic (exact) mass is 255 g/mol. The Kier molecular flexibility index (Phi) is 4.33. The minimum atomic E-state index is -4.90. The molecule has 2 atom stereocenters. The molecular weight excluding hydrogens is 243 g/mol. The third-order valence-corrected chi connectivity index (χ3v) is 2.47. The lowest BCUT2D eigenvalue weighted by atomic mass is 9.98. The summed E-state index contributed by atoms with van der Waals surface area (Å²) in [5.41, 5.74) is 0. The Morgan fingerprint density at radius 2 is 2.00 bits per heavy atom. The molecule has 0 aromatic carbocycles. The molecule has 8 heteroatoms. The standard InChI is InChI=1S/C9H12F3NO4/c10-9(11,12)8(16)13-3-6-2-1-5(4-17-6)7(14)15/h5-6H,1-4H2,(H,13,16)(H,14,15). The van der Waals surface area contributed by atoms with E-state index in [4.69, 9.17) is 9.84 Å². The van der Waals surface area contributed by atoms with Crippen LogP contribution >= 0.6 is 0 Å². The van der Waals surface area contributed by atoms with Crippen molar-refractivity contribution in [2.24, 2.45) is 5.92 Å². The fourth-order valence-electron chi connectivity index (χ4n) is 1.47. The topological polar surface area (TPSA) is 75.6 Å². The summed E-state index contributed by atoms with van der Waals surface area (Å²) in [6.07, 6.45) is -4.81. The van der Waals surface area contributed by atoms with E-state index >= 15 is 0 Å². The molecule has 0 saturated carbocycles. The summed E-state index contributed by atoms with van der Waals surface area (Å²) < 4.78 is 40.6. The second kappa shape index (κ2) is 5.35. The second-order valence-electron chi connectivity index (χ2n) is 3.78. The SMILES string of the molecule is O=C(O)C1CCC(CNC(=O)C(F)(F)F)OC1. The smallest absolute Gasteiger partial charge is 0.471 e. The number of halogens is 3. The van der Waals surface area contributed by atoms with Crippen LogP contribution in [0.2, 0.25) is 0 Å². The number of rotatable bonds is 3. The van der Waals surface area contributed by atoms with Crippen LogP contribution in [0.3, 0.4) is 0 Å². The van der Waals surface area contributed by atoms with E-state index in [1.54, 1.807) is 5.32 Å². The fraction of sp³-hybridized carbons (Fsp3) is 0.778. The van der Waals surface area contributed by atoms with Crippen LogP contribution in [0.5, 0.6) is 0 Å². The first kappa shape index (κ1) is 13.8. The predicted octanol–water partition coefficient (Wildman–Crippen LogP) is 0.545. The maximum Gasteiger partial charge on any atom is 0.471 e. The largest absolute Gasteiger partial charge is 0.481 e. The van der Waals surface area contributed by atoms with E-state index in [-0.39, 0.29) is 13.2 Å². The predicted molar refractivity (Wildman–Crippen MR) is 49.2 cm³/mol. The van der Waals surface area contributed by atoms with Gasteiger partial charge in [0.25, 0.3) is 0 Å². The van der Waals surface area contributed by atoms with Crippen molar-refractivity contribution >= 4 is 11.9 Å². The number of aliphatic carboxylic acids is 1. The van der Waals surface area contributed by atoms with Crippen LogP contribution in [0.1, 0.15) is 12.8 Å². The summed E-state index contributed by atoms with van der Waals surface area (Å²) in [5.74, 6) is -3.62. The van der Waals surface area contributed by atoms with E-state index in [2.05, 4.69) is 0 Å². The maximum atomic E-state index is 11.8. The highest BCUT2D eigenvalue weighted by Gasteiger charge is 2.39. The third-order valence-electron chi connectivity index (χ3n) is 2.47. The molecule has 0 spiro atoms. The van der Waals surface area contributed by atoms with Gasteiger partial charge in [-0.1, -0.05) is 0 Å². The fourth-order valence-corrected chi connectivity index (χ4v) is 1.47. The van der Waals surface area contributed by atoms with Crippen LogP contribution < -0.4 is 5.32 Å². The van der Waals surface area contributed by atoms with Gasteiger partial charge in [-0.15, -0.1) is 0 Å². The molecule has 1 saturated heterocycles. The van der Waals surface area contributed by atoms with E-state index in [0.717, 1.165) is 0 Å². The normalized spacial score (nSPS) is 25.4. The number of ether oxygens (including phenoxy) is 1. The van der Waals surface area contributed by atoms with Gasteiger partial charge in [0.2, 0.25) is 0 Å². The Morgan fingerprint density at radius 3 is 2.41 bits per heavy atom. The first-order valence-corrected chi connectivity index (χ1v) is 5.00. The number of amides is 1. The van der Waals surface area contributed by atoms with Crippen molar-refractivity contribution in [3.8, 4) is 0 Å². The van der Waals surface area contributed by atoms with E-state index in [1.165, 1.54) is 0 Å². The average Bonchev–Trinajstić information content (AvgIpc) is 2.25. The lowest BCUT2D eigenvalue weighted by Gasteiger charge is -2.26. The van der Waals surface area contributed by atoms with Gasteiger partial charge >= 0.3 is 18.1 Å². The zero-order valence-electron chi connectivity index (χ0n) is 8.79. The number of carboxylic acids is 1. The second-order valence-corrected chi connectivity index (χ2v) is 3.78. The van der Waals surface area contributed by atoms with Gasteiger partial charge in [0.15, 0.2) is 0 Å². The number of carboxylic acid groups (broad SMARTS) is 1. The summed E-state index contributed by atoms with van der Waals surface area (Å²) in [4.78, 5) is 21.1. The number of hydrogen-bond donors (Lipinski definition) is 2. The van der Waals surface area contributed by atoms with Gasteiger partial charge in [-0.25, -0.2) is 0 Å². The zero-order valence-corrected chi connectivity index (χ0v) is 8.79. The molecule has 0 aromatic rings. The quantitative estimate of drug-likeness (QED) is 0.772. The van der Waals surface area contributed by atoms with Crippen LogP contribution in [0.4, 0.5) is 13.2 Å². The van der Waals surface area contributed by atoms with Crippen molar-refractivity contribution in [2.45, 2.75) is 25.1 Å². The van der Waals surface area contributed by atoms with E-state index in [0.29, 0.717) is 12.8 Å². The van der Waals surface area contributed by atoms with Crippen molar-refractivity contribution in [2.75, 3.05) is 13.2 Å². The molecule has 1 rings (SSSR count). The van der Waals surface area contributed by atoms with Crippen molar-refractivity contribution in [1.82, 2.24) is 5.32 Å². The number of alkyl halides is 3. The average molecular weight is 255 g/mol. The van der Waals surface area contributed by atoms with Crippen LogP contribution in [-0.4, -0.2) is 42.4 Å². The third kappa shape index (κ3) is 4.22. The van der Waals surface area contributed by atoms with Gasteiger partial charge in [0, 0.05) is 6.54 Å². The molecule has 5 nitrogen and oxygen atoms in total. The molecule has 1 aliphatic heterocycles. The van der Waals surface area contributed by atoms with Gasteiger partial charge in [-0.2, -0.15) is 13.2 Å². The molecule has 1 amide bonds. The minimum absolute atomic E-state index is 0.0398. The molecule has 98 valence electrons. The van der Waals surface area contributed by atoms with Gasteiger partial charge in [-0.05, 0) is 12.8 Å². The first-order valence-electron chi connectivity index (χ1n) is 5.00. The molecule has 1 heterocycles. The molecule has 2 N–H and O–H groups in total. The summed E-state index contributed by atoms with van der Waals surface area (Å²) in [6, 6.07) is 0.